The molecule has 0 saturated carbocycles. The van der Waals surface area contributed by atoms with Gasteiger partial charge < -0.3 is 0 Å². The van der Waals surface area contributed by atoms with E-state index in [4.69, 9.17) is 0 Å². The molecule has 0 N–H and O–H groups in total. The van der Waals surface area contributed by atoms with Crippen molar-refractivity contribution in [2.45, 2.75) is 232 Å². The van der Waals surface area contributed by atoms with Crippen LogP contribution in [0, 0.1) is 13.8 Å². The lowest BCUT2D eigenvalue weighted by atomic mass is 9.70. The molecule has 6 aromatic rings. The summed E-state index contributed by atoms with van der Waals surface area (Å²) in [7, 11) is 0. The van der Waals surface area contributed by atoms with Gasteiger partial charge in [0.15, 0.2) is 0 Å². The Hall–Kier alpha value is -3.72. The highest BCUT2D eigenvalue weighted by molar-refractivity contribution is 7.25. The summed E-state index contributed by atoms with van der Waals surface area (Å²) in [6.45, 7) is 14.0. The van der Waals surface area contributed by atoms with Crippen molar-refractivity contribution in [3.05, 3.63) is 130 Å². The molecule has 70 heavy (non-hydrogen) atoms. The van der Waals surface area contributed by atoms with Gasteiger partial charge in [0.05, 0.1) is 0 Å². The number of benzene rings is 4. The molecule has 0 radical (unpaired) electrons. The van der Waals surface area contributed by atoms with Crippen LogP contribution in [0.2, 0.25) is 0 Å². The van der Waals surface area contributed by atoms with Gasteiger partial charge in [0.25, 0.3) is 0 Å². The fourth-order valence-electron chi connectivity index (χ4n) is 12.9. The van der Waals surface area contributed by atoms with Gasteiger partial charge in [0, 0.05) is 30.3 Å². The third-order valence-electron chi connectivity index (χ3n) is 16.9. The van der Waals surface area contributed by atoms with Crippen LogP contribution in [0.15, 0.2) is 97.1 Å². The average molecular weight is 972 g/mol. The normalized spacial score (nSPS) is 14.0. The highest BCUT2D eigenvalue weighted by atomic mass is 32.1. The molecule has 0 unspecified atom stereocenters. The number of thiophene rings is 2. The number of fused-ring (bicyclic) bond motifs is 6. The molecule has 2 heteroatoms. The number of rotatable bonds is 31. The molecule has 4 aromatic carbocycles. The van der Waals surface area contributed by atoms with Crippen LogP contribution in [0.4, 0.5) is 0 Å². The Bertz CT molecular complexity index is 2350. The van der Waals surface area contributed by atoms with E-state index in [1.807, 2.05) is 22.7 Å². The summed E-state index contributed by atoms with van der Waals surface area (Å²) in [6.07, 6.45) is 37.5. The van der Waals surface area contributed by atoms with Crippen molar-refractivity contribution in [2.75, 3.05) is 0 Å². The van der Waals surface area contributed by atoms with Crippen molar-refractivity contribution >= 4 is 22.7 Å². The lowest BCUT2D eigenvalue weighted by Gasteiger charge is -2.33. The zero-order valence-electron chi connectivity index (χ0n) is 44.9. The Kier molecular flexibility index (Phi) is 19.4. The SMILES string of the molecule is CCCCCCCCC1(CCCCCCCC)c2cc(C)ccc2-c2ccc(-c3ccc(-c4ccc(-c5ccc6c(c5)C(CCCCCCCC)(CCCCCCCC)c5cc(C)ccc5-6)s4)s3)cc21. The quantitative estimate of drug-likeness (QED) is 0.0381. The molecule has 2 aliphatic carbocycles. The molecule has 0 fully saturated rings. The summed E-state index contributed by atoms with van der Waals surface area (Å²) in [4.78, 5) is 5.57. The van der Waals surface area contributed by atoms with Crippen LogP contribution in [-0.2, 0) is 10.8 Å². The van der Waals surface area contributed by atoms with Gasteiger partial charge in [0.2, 0.25) is 0 Å². The lowest BCUT2D eigenvalue weighted by Crippen LogP contribution is -2.25. The van der Waals surface area contributed by atoms with Gasteiger partial charge >= 0.3 is 0 Å². The van der Waals surface area contributed by atoms with Crippen LogP contribution in [0.5, 0.6) is 0 Å². The third-order valence-corrected chi connectivity index (χ3v) is 19.3. The lowest BCUT2D eigenvalue weighted by molar-refractivity contribution is 0.398. The molecule has 0 nitrogen and oxygen atoms in total. The van der Waals surface area contributed by atoms with Gasteiger partial charge in [-0.15, -0.1) is 22.7 Å². The molecule has 0 saturated heterocycles. The molecule has 0 aliphatic heterocycles. The first-order valence-electron chi connectivity index (χ1n) is 29.1. The van der Waals surface area contributed by atoms with Gasteiger partial charge in [-0.25, -0.2) is 0 Å². The number of hydrogen-bond acceptors (Lipinski definition) is 2. The van der Waals surface area contributed by atoms with Crippen LogP contribution in [0.1, 0.15) is 241 Å². The predicted octanol–water partition coefficient (Wildman–Crippen LogP) is 23.0. The smallest absolute Gasteiger partial charge is 0.0449 e. The van der Waals surface area contributed by atoms with Crippen molar-refractivity contribution in [1.29, 1.82) is 0 Å². The standard InChI is InChI=1S/C68H90S2/c1-7-11-15-19-23-27-43-67(44-28-24-20-16-12-8-2)59-47-51(5)31-35-55(59)57-37-33-53(49-61(57)67)63-39-41-65(69-63)66-42-40-64(70-66)54-34-38-58-56-36-32-52(6)48-60(56)68(62(58)50-54,45-29-25-21-17-13-9-3)46-30-26-22-18-14-10-4/h31-42,47-50H,7-30,43-46H2,1-6H3. The molecule has 0 spiro atoms. The molecule has 374 valence electrons. The van der Waals surface area contributed by atoms with Gasteiger partial charge in [-0.1, -0.05) is 254 Å². The Morgan fingerprint density at radius 1 is 0.286 bits per heavy atom. The minimum Gasteiger partial charge on any atom is -0.134 e. The average Bonchev–Trinajstić information content (AvgIpc) is 4.17. The second-order valence-corrected chi connectivity index (χ2v) is 24.3. The third kappa shape index (κ3) is 12.0. The molecule has 0 atom stereocenters. The number of unbranched alkanes of at least 4 members (excludes halogenated alkanes) is 20. The van der Waals surface area contributed by atoms with Crippen molar-refractivity contribution in [3.63, 3.8) is 0 Å². The molecule has 2 aromatic heterocycles. The van der Waals surface area contributed by atoms with E-state index in [0.29, 0.717) is 0 Å². The number of aryl methyl sites for hydroxylation is 2. The van der Waals surface area contributed by atoms with E-state index in [2.05, 4.69) is 139 Å². The summed E-state index contributed by atoms with van der Waals surface area (Å²) in [5.41, 5.74) is 18.2. The van der Waals surface area contributed by atoms with Crippen LogP contribution in [0.3, 0.4) is 0 Å². The second kappa shape index (κ2) is 25.8. The topological polar surface area (TPSA) is 0 Å². The van der Waals surface area contributed by atoms with Crippen LogP contribution < -0.4 is 0 Å². The summed E-state index contributed by atoms with van der Waals surface area (Å²) < 4.78 is 0. The highest BCUT2D eigenvalue weighted by Crippen LogP contribution is 2.57. The zero-order valence-corrected chi connectivity index (χ0v) is 46.5. The predicted molar refractivity (Wildman–Crippen MR) is 312 cm³/mol. The van der Waals surface area contributed by atoms with E-state index >= 15 is 0 Å². The minimum absolute atomic E-state index is 0.0991. The van der Waals surface area contributed by atoms with Crippen LogP contribution in [0.25, 0.3) is 52.9 Å². The van der Waals surface area contributed by atoms with E-state index in [9.17, 15) is 0 Å². The van der Waals surface area contributed by atoms with Crippen LogP contribution >= 0.6 is 22.7 Å². The maximum Gasteiger partial charge on any atom is 0.0449 e. The van der Waals surface area contributed by atoms with E-state index in [1.54, 1.807) is 22.3 Å². The van der Waals surface area contributed by atoms with Crippen LogP contribution in [-0.4, -0.2) is 0 Å². The fraction of sp³-hybridized carbons (Fsp3) is 0.529. The molecule has 8 rings (SSSR count). The minimum atomic E-state index is 0.0991. The first-order valence-corrected chi connectivity index (χ1v) is 30.7. The van der Waals surface area contributed by atoms with Gasteiger partial charge in [0.1, 0.15) is 0 Å². The molecule has 2 aliphatic rings. The molecule has 0 bridgehead atoms. The van der Waals surface area contributed by atoms with Gasteiger partial charge in [-0.3, -0.25) is 0 Å². The monoisotopic (exact) mass is 971 g/mol. The van der Waals surface area contributed by atoms with Crippen molar-refractivity contribution < 1.29 is 0 Å². The summed E-state index contributed by atoms with van der Waals surface area (Å²) >= 11 is 3.99. The molecule has 2 heterocycles. The van der Waals surface area contributed by atoms with Gasteiger partial charge in [-0.2, -0.15) is 0 Å². The Labute approximate surface area is 435 Å². The van der Waals surface area contributed by atoms with Crippen molar-refractivity contribution in [2.24, 2.45) is 0 Å². The van der Waals surface area contributed by atoms with E-state index in [0.717, 1.165) is 0 Å². The molecule has 0 amide bonds. The van der Waals surface area contributed by atoms with E-state index in [1.165, 1.54) is 244 Å². The highest BCUT2D eigenvalue weighted by Gasteiger charge is 2.44. The fourth-order valence-corrected chi connectivity index (χ4v) is 15.0. The summed E-state index contributed by atoms with van der Waals surface area (Å²) in [6, 6.07) is 39.6. The second-order valence-electron chi connectivity index (χ2n) is 22.2. The summed E-state index contributed by atoms with van der Waals surface area (Å²) in [5, 5.41) is 0. The van der Waals surface area contributed by atoms with E-state index < -0.39 is 0 Å². The Balaban J connectivity index is 1.07. The number of hydrogen-bond donors (Lipinski definition) is 0. The Morgan fingerprint density at radius 2 is 0.557 bits per heavy atom. The maximum atomic E-state index is 2.65. The van der Waals surface area contributed by atoms with E-state index in [-0.39, 0.29) is 10.8 Å². The largest absolute Gasteiger partial charge is 0.134 e. The first kappa shape index (κ1) is 52.6. The first-order chi connectivity index (χ1) is 34.4. The summed E-state index contributed by atoms with van der Waals surface area (Å²) in [5.74, 6) is 0. The molecular weight excluding hydrogens is 881 g/mol. The van der Waals surface area contributed by atoms with Crippen molar-refractivity contribution in [1.82, 2.24) is 0 Å². The van der Waals surface area contributed by atoms with Gasteiger partial charge in [-0.05, 0) is 132 Å². The molecular formula is C68H90S2. The zero-order chi connectivity index (χ0) is 48.8. The maximum absolute atomic E-state index is 2.65. The van der Waals surface area contributed by atoms with Crippen molar-refractivity contribution in [3.8, 4) is 52.9 Å². The Morgan fingerprint density at radius 3 is 0.886 bits per heavy atom.